The van der Waals surface area contributed by atoms with Crippen LogP contribution in [0.5, 0.6) is 5.75 Å². The van der Waals surface area contributed by atoms with E-state index in [2.05, 4.69) is 27.4 Å². The van der Waals surface area contributed by atoms with E-state index < -0.39 is 0 Å². The number of hydrogen-bond acceptors (Lipinski definition) is 4. The molecule has 0 bridgehead atoms. The van der Waals surface area contributed by atoms with Gasteiger partial charge < -0.3 is 10.1 Å². The van der Waals surface area contributed by atoms with Gasteiger partial charge in [-0.1, -0.05) is 36.1 Å². The molecule has 6 nitrogen and oxygen atoms in total. The average Bonchev–Trinajstić information content (AvgIpc) is 3.21. The SMILES string of the molecule is COc1ccccc1-c1cc(C(=O)NCC#Cc2ccc(C(C)=O)cc2)[nH]n1. The molecule has 1 amide bonds. The third-order valence-corrected chi connectivity index (χ3v) is 4.07. The number of Topliss-reactive ketones (excluding diaryl/α,β-unsaturated/α-hetero) is 1. The molecule has 0 unspecified atom stereocenters. The standard InChI is InChI=1S/C22H19N3O3/c1-15(26)17-11-9-16(10-12-17)6-5-13-23-22(27)20-14-19(24-25-20)18-7-3-4-8-21(18)28-2/h3-4,7-12,14H,13H2,1-2H3,(H,23,27)(H,24,25). The number of methoxy groups -OCH3 is 1. The molecule has 0 spiro atoms. The van der Waals surface area contributed by atoms with E-state index >= 15 is 0 Å². The topological polar surface area (TPSA) is 84.1 Å². The van der Waals surface area contributed by atoms with Crippen LogP contribution < -0.4 is 10.1 Å². The van der Waals surface area contributed by atoms with Crippen molar-refractivity contribution in [1.29, 1.82) is 0 Å². The molecule has 1 aromatic heterocycles. The van der Waals surface area contributed by atoms with Crippen molar-refractivity contribution in [1.82, 2.24) is 15.5 Å². The summed E-state index contributed by atoms with van der Waals surface area (Å²) in [6, 6.07) is 16.1. The number of nitrogens with zero attached hydrogens (tertiary/aromatic N) is 1. The molecule has 1 heterocycles. The Bertz CT molecular complexity index is 1060. The lowest BCUT2D eigenvalue weighted by atomic mass is 10.1. The molecule has 2 N–H and O–H groups in total. The average molecular weight is 373 g/mol. The maximum atomic E-state index is 12.3. The van der Waals surface area contributed by atoms with Crippen LogP contribution in [0.15, 0.2) is 54.6 Å². The van der Waals surface area contributed by atoms with Gasteiger partial charge in [-0.25, -0.2) is 0 Å². The zero-order valence-electron chi connectivity index (χ0n) is 15.6. The smallest absolute Gasteiger partial charge is 0.270 e. The van der Waals surface area contributed by atoms with E-state index in [-0.39, 0.29) is 18.2 Å². The highest BCUT2D eigenvalue weighted by Crippen LogP contribution is 2.28. The van der Waals surface area contributed by atoms with Crippen molar-refractivity contribution in [2.24, 2.45) is 0 Å². The fourth-order valence-electron chi connectivity index (χ4n) is 2.59. The van der Waals surface area contributed by atoms with Crippen molar-refractivity contribution in [2.45, 2.75) is 6.92 Å². The summed E-state index contributed by atoms with van der Waals surface area (Å²) >= 11 is 0. The van der Waals surface area contributed by atoms with Gasteiger partial charge in [0.25, 0.3) is 5.91 Å². The van der Waals surface area contributed by atoms with E-state index in [1.54, 1.807) is 37.4 Å². The first kappa shape index (κ1) is 18.9. The number of para-hydroxylation sites is 1. The molecular weight excluding hydrogens is 354 g/mol. The Labute approximate surface area is 162 Å². The summed E-state index contributed by atoms with van der Waals surface area (Å²) in [6.45, 7) is 1.71. The summed E-state index contributed by atoms with van der Waals surface area (Å²) in [5.74, 6) is 6.23. The summed E-state index contributed by atoms with van der Waals surface area (Å²) in [5, 5.41) is 9.64. The minimum Gasteiger partial charge on any atom is -0.496 e. The molecule has 3 aromatic rings. The number of rotatable bonds is 5. The fraction of sp³-hybridized carbons (Fsp3) is 0.136. The number of ether oxygens (including phenoxy) is 1. The molecular formula is C22H19N3O3. The minimum atomic E-state index is -0.296. The molecule has 3 rings (SSSR count). The summed E-state index contributed by atoms with van der Waals surface area (Å²) in [4.78, 5) is 23.5. The van der Waals surface area contributed by atoms with Crippen LogP contribution in [0.1, 0.15) is 33.3 Å². The van der Waals surface area contributed by atoms with Gasteiger partial charge in [0, 0.05) is 16.7 Å². The second kappa shape index (κ2) is 8.69. The third kappa shape index (κ3) is 4.46. The van der Waals surface area contributed by atoms with Gasteiger partial charge in [-0.2, -0.15) is 5.10 Å². The van der Waals surface area contributed by atoms with Gasteiger partial charge >= 0.3 is 0 Å². The van der Waals surface area contributed by atoms with Crippen LogP contribution in [0.25, 0.3) is 11.3 Å². The number of hydrogen-bond donors (Lipinski definition) is 2. The van der Waals surface area contributed by atoms with Gasteiger partial charge in [0.15, 0.2) is 5.78 Å². The second-order valence-corrected chi connectivity index (χ2v) is 5.99. The molecule has 0 fully saturated rings. The summed E-state index contributed by atoms with van der Waals surface area (Å²) in [7, 11) is 1.59. The number of amides is 1. The van der Waals surface area contributed by atoms with Crippen molar-refractivity contribution in [3.8, 4) is 28.8 Å². The highest BCUT2D eigenvalue weighted by molar-refractivity contribution is 5.94. The molecule has 0 aliphatic carbocycles. The van der Waals surface area contributed by atoms with Crippen molar-refractivity contribution in [3.63, 3.8) is 0 Å². The van der Waals surface area contributed by atoms with E-state index in [4.69, 9.17) is 4.74 Å². The zero-order valence-corrected chi connectivity index (χ0v) is 15.6. The largest absolute Gasteiger partial charge is 0.496 e. The molecule has 2 aromatic carbocycles. The van der Waals surface area contributed by atoms with E-state index in [0.29, 0.717) is 22.7 Å². The second-order valence-electron chi connectivity index (χ2n) is 5.99. The molecule has 0 saturated heterocycles. The monoisotopic (exact) mass is 373 g/mol. The Morgan fingerprint density at radius 1 is 1.14 bits per heavy atom. The van der Waals surface area contributed by atoms with E-state index in [1.165, 1.54) is 6.92 Å². The molecule has 0 radical (unpaired) electrons. The lowest BCUT2D eigenvalue weighted by Gasteiger charge is -2.04. The van der Waals surface area contributed by atoms with Gasteiger partial charge in [-0.05, 0) is 37.3 Å². The number of H-pyrrole nitrogens is 1. The molecule has 0 aliphatic heterocycles. The van der Waals surface area contributed by atoms with Crippen LogP contribution in [-0.4, -0.2) is 35.5 Å². The number of ketones is 1. The maximum absolute atomic E-state index is 12.3. The Hall–Kier alpha value is -3.85. The normalized spacial score (nSPS) is 9.93. The predicted octanol–water partition coefficient (Wildman–Crippen LogP) is 3.07. The number of aromatic nitrogens is 2. The van der Waals surface area contributed by atoms with Crippen molar-refractivity contribution < 1.29 is 14.3 Å². The van der Waals surface area contributed by atoms with Crippen LogP contribution in [-0.2, 0) is 0 Å². The van der Waals surface area contributed by atoms with E-state index in [1.807, 2.05) is 24.3 Å². The first-order chi connectivity index (χ1) is 13.6. The van der Waals surface area contributed by atoms with Gasteiger partial charge in [-0.15, -0.1) is 0 Å². The van der Waals surface area contributed by atoms with E-state index in [9.17, 15) is 9.59 Å². The van der Waals surface area contributed by atoms with Crippen LogP contribution in [0, 0.1) is 11.8 Å². The molecule has 0 saturated carbocycles. The van der Waals surface area contributed by atoms with Crippen molar-refractivity contribution in [3.05, 3.63) is 71.4 Å². The third-order valence-electron chi connectivity index (χ3n) is 4.07. The Balaban J connectivity index is 1.60. The Morgan fingerprint density at radius 2 is 1.89 bits per heavy atom. The maximum Gasteiger partial charge on any atom is 0.270 e. The highest BCUT2D eigenvalue weighted by Gasteiger charge is 2.12. The molecule has 0 aliphatic rings. The van der Waals surface area contributed by atoms with E-state index in [0.717, 1.165) is 11.1 Å². The first-order valence-electron chi connectivity index (χ1n) is 8.65. The lowest BCUT2D eigenvalue weighted by Crippen LogP contribution is -2.23. The molecule has 6 heteroatoms. The zero-order chi connectivity index (χ0) is 19.9. The fourth-order valence-corrected chi connectivity index (χ4v) is 2.59. The Morgan fingerprint density at radius 3 is 2.61 bits per heavy atom. The summed E-state index contributed by atoms with van der Waals surface area (Å²) in [5.41, 5.74) is 3.19. The number of aromatic amines is 1. The lowest BCUT2D eigenvalue weighted by molar-refractivity contribution is 0.0952. The number of benzene rings is 2. The van der Waals surface area contributed by atoms with Crippen LogP contribution in [0.2, 0.25) is 0 Å². The molecule has 0 atom stereocenters. The van der Waals surface area contributed by atoms with Crippen molar-refractivity contribution in [2.75, 3.05) is 13.7 Å². The van der Waals surface area contributed by atoms with Crippen LogP contribution >= 0.6 is 0 Å². The van der Waals surface area contributed by atoms with Gasteiger partial charge in [0.1, 0.15) is 11.4 Å². The summed E-state index contributed by atoms with van der Waals surface area (Å²) < 4.78 is 5.32. The van der Waals surface area contributed by atoms with Gasteiger partial charge in [0.2, 0.25) is 0 Å². The van der Waals surface area contributed by atoms with Gasteiger partial charge in [0.05, 0.1) is 19.3 Å². The van der Waals surface area contributed by atoms with Crippen LogP contribution in [0.3, 0.4) is 0 Å². The quantitative estimate of drug-likeness (QED) is 0.532. The molecule has 28 heavy (non-hydrogen) atoms. The van der Waals surface area contributed by atoms with Crippen LogP contribution in [0.4, 0.5) is 0 Å². The number of carbonyl (C=O) groups is 2. The number of carbonyl (C=O) groups excluding carboxylic acids is 2. The first-order valence-corrected chi connectivity index (χ1v) is 8.65. The van der Waals surface area contributed by atoms with Crippen molar-refractivity contribution >= 4 is 11.7 Å². The molecule has 140 valence electrons. The summed E-state index contributed by atoms with van der Waals surface area (Å²) in [6.07, 6.45) is 0. The predicted molar refractivity (Wildman–Crippen MR) is 106 cm³/mol. The van der Waals surface area contributed by atoms with Gasteiger partial charge in [-0.3, -0.25) is 14.7 Å². The minimum absolute atomic E-state index is 0.0128. The number of nitrogens with one attached hydrogen (secondary N) is 2. The Kier molecular flexibility index (Phi) is 5.87. The highest BCUT2D eigenvalue weighted by atomic mass is 16.5.